The van der Waals surface area contributed by atoms with E-state index in [1.165, 1.54) is 12.5 Å². The summed E-state index contributed by atoms with van der Waals surface area (Å²) in [5.74, 6) is -4.02. The van der Waals surface area contributed by atoms with Gasteiger partial charge < -0.3 is 37.5 Å². The second kappa shape index (κ2) is 14.0. The molecule has 35 heavy (non-hydrogen) atoms. The molecule has 1 heterocycles. The summed E-state index contributed by atoms with van der Waals surface area (Å²) >= 11 is 0. The first-order valence-corrected chi connectivity index (χ1v) is 11.4. The van der Waals surface area contributed by atoms with E-state index in [2.05, 4.69) is 25.9 Å². The molecule has 0 aliphatic rings. The SMILES string of the molecule is CC(C)CC(NC(=O)C(N)CC(N)=O)C(=O)NC(CC(C)C)C(=O)NC(Cc1cnc[nH]1)C(=O)O. The van der Waals surface area contributed by atoms with Crippen molar-refractivity contribution in [3.63, 3.8) is 0 Å². The van der Waals surface area contributed by atoms with Gasteiger partial charge in [0.2, 0.25) is 23.6 Å². The predicted molar refractivity (Wildman–Crippen MR) is 126 cm³/mol. The van der Waals surface area contributed by atoms with Gasteiger partial charge in [-0.3, -0.25) is 19.2 Å². The highest BCUT2D eigenvalue weighted by molar-refractivity contribution is 5.95. The van der Waals surface area contributed by atoms with E-state index in [1.807, 2.05) is 27.7 Å². The summed E-state index contributed by atoms with van der Waals surface area (Å²) in [5, 5.41) is 17.2. The molecular weight excluding hydrogens is 458 g/mol. The van der Waals surface area contributed by atoms with E-state index in [1.54, 1.807) is 0 Å². The number of amides is 4. The molecule has 1 rings (SSSR count). The first kappa shape index (κ1) is 29.6. The third-order valence-corrected chi connectivity index (χ3v) is 5.03. The number of aromatic nitrogens is 2. The zero-order valence-electron chi connectivity index (χ0n) is 20.5. The highest BCUT2D eigenvalue weighted by Gasteiger charge is 2.31. The summed E-state index contributed by atoms with van der Waals surface area (Å²) in [5.41, 5.74) is 11.3. The highest BCUT2D eigenvalue weighted by atomic mass is 16.4. The Labute approximate surface area is 204 Å². The molecule has 0 saturated heterocycles. The minimum Gasteiger partial charge on any atom is -0.480 e. The van der Waals surface area contributed by atoms with Gasteiger partial charge in [0, 0.05) is 18.3 Å². The number of carbonyl (C=O) groups is 5. The summed E-state index contributed by atoms with van der Waals surface area (Å²) in [4.78, 5) is 67.8. The predicted octanol–water partition coefficient (Wildman–Crippen LogP) is -1.21. The van der Waals surface area contributed by atoms with Crippen molar-refractivity contribution in [2.45, 2.75) is 77.5 Å². The van der Waals surface area contributed by atoms with Gasteiger partial charge in [0.15, 0.2) is 0 Å². The second-order valence-corrected chi connectivity index (χ2v) is 9.34. The van der Waals surface area contributed by atoms with Gasteiger partial charge in [-0.25, -0.2) is 9.78 Å². The molecular formula is C22H37N7O6. The number of nitrogens with zero attached hydrogens (tertiary/aromatic N) is 1. The van der Waals surface area contributed by atoms with Crippen molar-refractivity contribution in [1.29, 1.82) is 0 Å². The van der Waals surface area contributed by atoms with Gasteiger partial charge in [0.1, 0.15) is 18.1 Å². The van der Waals surface area contributed by atoms with Crippen LogP contribution >= 0.6 is 0 Å². The Kier molecular flexibility index (Phi) is 11.9. The Morgan fingerprint density at radius 2 is 1.40 bits per heavy atom. The van der Waals surface area contributed by atoms with Gasteiger partial charge in [-0.1, -0.05) is 27.7 Å². The molecule has 0 aliphatic heterocycles. The number of imidazole rings is 1. The smallest absolute Gasteiger partial charge is 0.326 e. The molecule has 4 unspecified atom stereocenters. The van der Waals surface area contributed by atoms with E-state index >= 15 is 0 Å². The van der Waals surface area contributed by atoms with E-state index < -0.39 is 53.8 Å². The Balaban J connectivity index is 2.98. The standard InChI is InChI=1S/C22H37N7O6/c1-11(2)5-15(27-19(31)14(23)8-18(24)30)20(32)28-16(6-12(3)4)21(33)29-17(22(34)35)7-13-9-25-10-26-13/h9-12,14-17H,5-8,23H2,1-4H3,(H2,24,30)(H,25,26)(H,27,31)(H,28,32)(H,29,33)(H,34,35). The number of hydrogen-bond donors (Lipinski definition) is 7. The maximum Gasteiger partial charge on any atom is 0.326 e. The maximum absolute atomic E-state index is 13.1. The number of carboxylic acid groups (broad SMARTS) is 1. The zero-order chi connectivity index (χ0) is 26.7. The molecule has 0 saturated carbocycles. The van der Waals surface area contributed by atoms with Crippen molar-refractivity contribution in [3.05, 3.63) is 18.2 Å². The van der Waals surface area contributed by atoms with Crippen LogP contribution in [0.4, 0.5) is 0 Å². The molecule has 9 N–H and O–H groups in total. The van der Waals surface area contributed by atoms with Crippen molar-refractivity contribution < 1.29 is 29.1 Å². The summed E-state index contributed by atoms with van der Waals surface area (Å²) in [6, 6.07) is -4.53. The minimum absolute atomic E-state index is 0.00147. The number of nitrogens with two attached hydrogens (primary N) is 2. The number of H-pyrrole nitrogens is 1. The van der Waals surface area contributed by atoms with Crippen LogP contribution in [-0.4, -0.2) is 68.8 Å². The highest BCUT2D eigenvalue weighted by Crippen LogP contribution is 2.10. The topological polar surface area (TPSA) is 222 Å². The Hall–Kier alpha value is -3.48. The molecule has 13 heteroatoms. The van der Waals surface area contributed by atoms with Gasteiger partial charge in [-0.15, -0.1) is 0 Å². The summed E-state index contributed by atoms with van der Waals surface area (Å²) in [6.45, 7) is 7.39. The molecule has 0 spiro atoms. The molecule has 0 fully saturated rings. The van der Waals surface area contributed by atoms with E-state index in [4.69, 9.17) is 11.5 Å². The molecule has 1 aromatic heterocycles. The van der Waals surface area contributed by atoms with Gasteiger partial charge in [0.05, 0.1) is 18.8 Å². The van der Waals surface area contributed by atoms with Crippen molar-refractivity contribution >= 4 is 29.6 Å². The lowest BCUT2D eigenvalue weighted by Crippen LogP contribution is -2.58. The first-order valence-electron chi connectivity index (χ1n) is 11.4. The Bertz CT molecular complexity index is 872. The van der Waals surface area contributed by atoms with Crippen LogP contribution in [0.5, 0.6) is 0 Å². The van der Waals surface area contributed by atoms with Crippen LogP contribution < -0.4 is 27.4 Å². The molecule has 4 atom stereocenters. The fraction of sp³-hybridized carbons (Fsp3) is 0.636. The molecule has 0 aliphatic carbocycles. The normalized spacial score (nSPS) is 14.6. The average molecular weight is 496 g/mol. The van der Waals surface area contributed by atoms with E-state index in [0.29, 0.717) is 5.69 Å². The van der Waals surface area contributed by atoms with Crippen LogP contribution in [0.3, 0.4) is 0 Å². The lowest BCUT2D eigenvalue weighted by Gasteiger charge is -2.26. The number of aromatic amines is 1. The zero-order valence-corrected chi connectivity index (χ0v) is 20.5. The van der Waals surface area contributed by atoms with Crippen LogP contribution in [0.1, 0.15) is 52.7 Å². The third-order valence-electron chi connectivity index (χ3n) is 5.03. The van der Waals surface area contributed by atoms with Gasteiger partial charge in [-0.2, -0.15) is 0 Å². The molecule has 13 nitrogen and oxygen atoms in total. The average Bonchev–Trinajstić information content (AvgIpc) is 3.24. The fourth-order valence-corrected chi connectivity index (χ4v) is 3.35. The van der Waals surface area contributed by atoms with Crippen molar-refractivity contribution in [1.82, 2.24) is 25.9 Å². The fourth-order valence-electron chi connectivity index (χ4n) is 3.35. The number of rotatable bonds is 15. The first-order chi connectivity index (χ1) is 16.3. The summed E-state index contributed by atoms with van der Waals surface area (Å²) in [6.07, 6.45) is 2.93. The number of carboxylic acids is 1. The van der Waals surface area contributed by atoms with E-state index in [0.717, 1.165) is 0 Å². The molecule has 0 aromatic carbocycles. The molecule has 4 amide bonds. The van der Waals surface area contributed by atoms with Crippen molar-refractivity contribution in [3.8, 4) is 0 Å². The van der Waals surface area contributed by atoms with Gasteiger partial charge >= 0.3 is 5.97 Å². The van der Waals surface area contributed by atoms with Gasteiger partial charge in [0.25, 0.3) is 0 Å². The van der Waals surface area contributed by atoms with Crippen molar-refractivity contribution in [2.75, 3.05) is 0 Å². The third kappa shape index (κ3) is 11.0. The second-order valence-electron chi connectivity index (χ2n) is 9.34. The largest absolute Gasteiger partial charge is 0.480 e. The van der Waals surface area contributed by atoms with Crippen LogP contribution in [0.25, 0.3) is 0 Å². The van der Waals surface area contributed by atoms with Crippen LogP contribution in [0.15, 0.2) is 12.5 Å². The Morgan fingerprint density at radius 3 is 1.80 bits per heavy atom. The van der Waals surface area contributed by atoms with Gasteiger partial charge in [-0.05, 0) is 24.7 Å². The quantitative estimate of drug-likeness (QED) is 0.156. The summed E-state index contributed by atoms with van der Waals surface area (Å²) in [7, 11) is 0. The lowest BCUT2D eigenvalue weighted by atomic mass is 9.99. The van der Waals surface area contributed by atoms with Crippen LogP contribution in [-0.2, 0) is 30.4 Å². The maximum atomic E-state index is 13.1. The number of hydrogen-bond acceptors (Lipinski definition) is 7. The lowest BCUT2D eigenvalue weighted by molar-refractivity contribution is -0.142. The monoisotopic (exact) mass is 495 g/mol. The Morgan fingerprint density at radius 1 is 0.914 bits per heavy atom. The summed E-state index contributed by atoms with van der Waals surface area (Å²) < 4.78 is 0. The number of primary amides is 1. The number of nitrogens with one attached hydrogen (secondary N) is 4. The van der Waals surface area contributed by atoms with E-state index in [9.17, 15) is 29.1 Å². The van der Waals surface area contributed by atoms with E-state index in [-0.39, 0.29) is 37.5 Å². The number of aliphatic carboxylic acids is 1. The van der Waals surface area contributed by atoms with Crippen LogP contribution in [0, 0.1) is 11.8 Å². The minimum atomic E-state index is -1.24. The van der Waals surface area contributed by atoms with Crippen molar-refractivity contribution in [2.24, 2.45) is 23.3 Å². The van der Waals surface area contributed by atoms with Crippen LogP contribution in [0.2, 0.25) is 0 Å². The molecule has 0 radical (unpaired) electrons. The molecule has 1 aromatic rings. The molecule has 196 valence electrons. The molecule has 0 bridgehead atoms. The number of carbonyl (C=O) groups excluding carboxylic acids is 4.